The van der Waals surface area contributed by atoms with Crippen LogP contribution in [0.1, 0.15) is 46.0 Å². The normalized spacial score (nSPS) is 29.0. The third kappa shape index (κ3) is 5.16. The Balaban J connectivity index is 1.91. The highest BCUT2D eigenvalue weighted by Gasteiger charge is 2.37. The second-order valence-electron chi connectivity index (χ2n) is 6.96. The zero-order valence-corrected chi connectivity index (χ0v) is 12.7. The SMILES string of the molecule is CC(C)CN(CC(F)(F)F)C(=O)CC1CC2CCC(C1)N2. The molecule has 2 fully saturated rings. The average Bonchev–Trinajstić information content (AvgIpc) is 2.65. The van der Waals surface area contributed by atoms with Crippen LogP contribution in [0.2, 0.25) is 0 Å². The summed E-state index contributed by atoms with van der Waals surface area (Å²) in [6.07, 6.45) is 0.0456. The molecule has 2 rings (SSSR count). The van der Waals surface area contributed by atoms with Gasteiger partial charge in [-0.2, -0.15) is 13.2 Å². The van der Waals surface area contributed by atoms with Gasteiger partial charge in [-0.15, -0.1) is 0 Å². The van der Waals surface area contributed by atoms with E-state index < -0.39 is 12.7 Å². The van der Waals surface area contributed by atoms with Gasteiger partial charge >= 0.3 is 6.18 Å². The van der Waals surface area contributed by atoms with E-state index in [9.17, 15) is 18.0 Å². The zero-order chi connectivity index (χ0) is 15.6. The van der Waals surface area contributed by atoms with Crippen molar-refractivity contribution in [2.24, 2.45) is 11.8 Å². The standard InChI is InChI=1S/C15H25F3N2O/c1-10(2)8-20(9-15(16,17)18)14(21)7-11-5-12-3-4-13(6-11)19-12/h10-13,19H,3-9H2,1-2H3. The lowest BCUT2D eigenvalue weighted by molar-refractivity contribution is -0.162. The quantitative estimate of drug-likeness (QED) is 0.847. The molecule has 3 nitrogen and oxygen atoms in total. The van der Waals surface area contributed by atoms with Gasteiger partial charge < -0.3 is 10.2 Å². The maximum absolute atomic E-state index is 12.6. The predicted octanol–water partition coefficient (Wildman–Crippen LogP) is 2.95. The lowest BCUT2D eigenvalue weighted by atomic mass is 9.89. The van der Waals surface area contributed by atoms with Gasteiger partial charge in [0.05, 0.1) is 0 Å². The molecule has 122 valence electrons. The van der Waals surface area contributed by atoms with Crippen molar-refractivity contribution in [3.05, 3.63) is 0 Å². The number of halogens is 3. The Morgan fingerprint density at radius 1 is 1.24 bits per heavy atom. The van der Waals surface area contributed by atoms with Gasteiger partial charge in [0.1, 0.15) is 6.54 Å². The number of fused-ring (bicyclic) bond motifs is 2. The van der Waals surface area contributed by atoms with Crippen LogP contribution in [-0.2, 0) is 4.79 Å². The van der Waals surface area contributed by atoms with Gasteiger partial charge in [-0.05, 0) is 37.5 Å². The molecular weight excluding hydrogens is 281 g/mol. The Labute approximate surface area is 124 Å². The number of carbonyl (C=O) groups is 1. The Hall–Kier alpha value is -0.780. The van der Waals surface area contributed by atoms with Crippen LogP contribution in [0.4, 0.5) is 13.2 Å². The average molecular weight is 306 g/mol. The van der Waals surface area contributed by atoms with E-state index in [0.29, 0.717) is 12.1 Å². The third-order valence-corrected chi connectivity index (χ3v) is 4.34. The largest absolute Gasteiger partial charge is 0.406 e. The van der Waals surface area contributed by atoms with E-state index in [1.54, 1.807) is 0 Å². The van der Waals surface area contributed by atoms with Crippen LogP contribution in [0.25, 0.3) is 0 Å². The number of hydrogen-bond donors (Lipinski definition) is 1. The van der Waals surface area contributed by atoms with E-state index in [1.165, 1.54) is 0 Å². The second kappa shape index (κ2) is 6.55. The number of nitrogens with one attached hydrogen (secondary N) is 1. The molecule has 2 heterocycles. The Kier molecular flexibility index (Phi) is 5.17. The minimum Gasteiger partial charge on any atom is -0.333 e. The van der Waals surface area contributed by atoms with Gasteiger partial charge in [-0.1, -0.05) is 13.8 Å². The summed E-state index contributed by atoms with van der Waals surface area (Å²) in [6.45, 7) is 2.72. The van der Waals surface area contributed by atoms with Crippen LogP contribution in [0.15, 0.2) is 0 Å². The molecule has 1 amide bonds. The van der Waals surface area contributed by atoms with Gasteiger partial charge in [-0.25, -0.2) is 0 Å². The van der Waals surface area contributed by atoms with Crippen molar-refractivity contribution in [2.45, 2.75) is 64.2 Å². The molecule has 0 radical (unpaired) electrons. The minimum absolute atomic E-state index is 0.0421. The first-order valence-electron chi connectivity index (χ1n) is 7.83. The van der Waals surface area contributed by atoms with Gasteiger partial charge in [0.2, 0.25) is 5.91 Å². The molecule has 2 aliphatic rings. The molecule has 2 unspecified atom stereocenters. The van der Waals surface area contributed by atoms with Crippen molar-refractivity contribution in [1.29, 1.82) is 0 Å². The first-order chi connectivity index (χ1) is 9.73. The molecule has 0 aromatic rings. The van der Waals surface area contributed by atoms with E-state index in [0.717, 1.165) is 30.6 Å². The van der Waals surface area contributed by atoms with Crippen molar-refractivity contribution >= 4 is 5.91 Å². The number of rotatable bonds is 5. The van der Waals surface area contributed by atoms with Crippen LogP contribution in [-0.4, -0.2) is 42.2 Å². The summed E-state index contributed by atoms with van der Waals surface area (Å²) in [6, 6.07) is 0.922. The van der Waals surface area contributed by atoms with Gasteiger partial charge in [0.25, 0.3) is 0 Å². The van der Waals surface area contributed by atoms with Crippen LogP contribution < -0.4 is 5.32 Å². The highest BCUT2D eigenvalue weighted by atomic mass is 19.4. The van der Waals surface area contributed by atoms with E-state index in [1.807, 2.05) is 13.8 Å². The second-order valence-corrected chi connectivity index (χ2v) is 6.96. The molecule has 2 saturated heterocycles. The minimum atomic E-state index is -4.32. The van der Waals surface area contributed by atoms with Crippen molar-refractivity contribution < 1.29 is 18.0 Å². The molecule has 2 bridgehead atoms. The summed E-state index contributed by atoms with van der Waals surface area (Å²) in [4.78, 5) is 13.3. The van der Waals surface area contributed by atoms with Crippen molar-refractivity contribution in [2.75, 3.05) is 13.1 Å². The number of amides is 1. The maximum atomic E-state index is 12.6. The topological polar surface area (TPSA) is 32.3 Å². The first kappa shape index (κ1) is 16.6. The molecular formula is C15H25F3N2O. The molecule has 21 heavy (non-hydrogen) atoms. The number of nitrogens with zero attached hydrogens (tertiary/aromatic N) is 1. The molecule has 0 aromatic heterocycles. The molecule has 0 spiro atoms. The predicted molar refractivity (Wildman–Crippen MR) is 74.8 cm³/mol. The molecule has 0 aliphatic carbocycles. The lowest BCUT2D eigenvalue weighted by Crippen LogP contribution is -2.44. The Bertz CT molecular complexity index is 358. The van der Waals surface area contributed by atoms with Crippen molar-refractivity contribution in [1.82, 2.24) is 10.2 Å². The van der Waals surface area contributed by atoms with Gasteiger partial charge in [-0.3, -0.25) is 4.79 Å². The fourth-order valence-corrected chi connectivity index (χ4v) is 3.63. The molecule has 0 aromatic carbocycles. The fourth-order valence-electron chi connectivity index (χ4n) is 3.63. The van der Waals surface area contributed by atoms with E-state index in [4.69, 9.17) is 0 Å². The molecule has 2 atom stereocenters. The number of alkyl halides is 3. The lowest BCUT2D eigenvalue weighted by Gasteiger charge is -2.31. The number of piperidine rings is 1. The van der Waals surface area contributed by atoms with Crippen LogP contribution in [0.5, 0.6) is 0 Å². The summed E-state index contributed by atoms with van der Waals surface area (Å²) in [5, 5.41) is 3.49. The monoisotopic (exact) mass is 306 g/mol. The zero-order valence-electron chi connectivity index (χ0n) is 12.7. The molecule has 0 saturated carbocycles. The van der Waals surface area contributed by atoms with Crippen LogP contribution in [0.3, 0.4) is 0 Å². The van der Waals surface area contributed by atoms with Crippen molar-refractivity contribution in [3.63, 3.8) is 0 Å². The molecule has 6 heteroatoms. The first-order valence-corrected chi connectivity index (χ1v) is 7.83. The van der Waals surface area contributed by atoms with Gasteiger partial charge in [0, 0.05) is 25.0 Å². The summed E-state index contributed by atoms with van der Waals surface area (Å²) in [5.41, 5.74) is 0. The molecule has 2 aliphatic heterocycles. The highest BCUT2D eigenvalue weighted by molar-refractivity contribution is 5.76. The van der Waals surface area contributed by atoms with Crippen LogP contribution in [0, 0.1) is 11.8 Å². The van der Waals surface area contributed by atoms with Crippen molar-refractivity contribution in [3.8, 4) is 0 Å². The summed E-state index contributed by atoms with van der Waals surface area (Å²) in [5.74, 6) is -0.0630. The van der Waals surface area contributed by atoms with E-state index in [2.05, 4.69) is 5.32 Å². The van der Waals surface area contributed by atoms with E-state index in [-0.39, 0.29) is 30.7 Å². The summed E-state index contributed by atoms with van der Waals surface area (Å²) < 4.78 is 37.9. The van der Waals surface area contributed by atoms with E-state index >= 15 is 0 Å². The summed E-state index contributed by atoms with van der Waals surface area (Å²) >= 11 is 0. The Morgan fingerprint density at radius 2 is 1.81 bits per heavy atom. The smallest absolute Gasteiger partial charge is 0.333 e. The third-order valence-electron chi connectivity index (χ3n) is 4.34. The maximum Gasteiger partial charge on any atom is 0.406 e. The Morgan fingerprint density at radius 3 is 2.29 bits per heavy atom. The fraction of sp³-hybridized carbons (Fsp3) is 0.933. The van der Waals surface area contributed by atoms with Gasteiger partial charge in [0.15, 0.2) is 0 Å². The number of carbonyl (C=O) groups excluding carboxylic acids is 1. The van der Waals surface area contributed by atoms with Crippen LogP contribution >= 0.6 is 0 Å². The molecule has 1 N–H and O–H groups in total. The number of hydrogen-bond acceptors (Lipinski definition) is 2. The highest BCUT2D eigenvalue weighted by Crippen LogP contribution is 2.33. The summed E-state index contributed by atoms with van der Waals surface area (Å²) in [7, 11) is 0.